The highest BCUT2D eigenvalue weighted by atomic mass is 16.6. The summed E-state index contributed by atoms with van der Waals surface area (Å²) in [6, 6.07) is 27.7. The lowest BCUT2D eigenvalue weighted by atomic mass is 9.83. The summed E-state index contributed by atoms with van der Waals surface area (Å²) in [5.41, 5.74) is 8.41. The van der Waals surface area contributed by atoms with Crippen molar-refractivity contribution in [1.29, 1.82) is 5.26 Å². The van der Waals surface area contributed by atoms with E-state index in [1.54, 1.807) is 4.90 Å². The summed E-state index contributed by atoms with van der Waals surface area (Å²) in [5.74, 6) is 0.810. The first-order valence-electron chi connectivity index (χ1n) is 17.3. The van der Waals surface area contributed by atoms with Crippen molar-refractivity contribution >= 4 is 28.4 Å². The Morgan fingerprint density at radius 1 is 0.959 bits per heavy atom. The number of piperazine rings is 1. The molecular formula is C39H45N7O3. The van der Waals surface area contributed by atoms with E-state index >= 15 is 0 Å². The lowest BCUT2D eigenvalue weighted by Gasteiger charge is -2.50. The van der Waals surface area contributed by atoms with Crippen molar-refractivity contribution in [2.24, 2.45) is 5.73 Å². The number of hydrogen-bond donors (Lipinski definition) is 1. The smallest absolute Gasteiger partial charge is 0.410 e. The highest BCUT2D eigenvalue weighted by molar-refractivity contribution is 5.94. The number of carbonyl (C=O) groups excluding carboxylic acids is 1. The number of fused-ring (bicyclic) bond motifs is 2. The number of aromatic nitrogens is 2. The molecule has 0 bridgehead atoms. The number of nitriles is 1. The number of amides is 1. The molecule has 2 aliphatic heterocycles. The van der Waals surface area contributed by atoms with Gasteiger partial charge >= 0.3 is 12.1 Å². The number of anilines is 2. The summed E-state index contributed by atoms with van der Waals surface area (Å²) in [7, 11) is 0. The number of ether oxygens (including phenoxy) is 2. The van der Waals surface area contributed by atoms with Crippen molar-refractivity contribution in [3.05, 3.63) is 89.6 Å². The zero-order valence-corrected chi connectivity index (χ0v) is 28.7. The molecule has 1 saturated carbocycles. The monoisotopic (exact) mass is 659 g/mol. The van der Waals surface area contributed by atoms with E-state index in [9.17, 15) is 10.1 Å². The van der Waals surface area contributed by atoms with Crippen LogP contribution in [-0.2, 0) is 24.1 Å². The Morgan fingerprint density at radius 2 is 1.71 bits per heavy atom. The minimum atomic E-state index is -0.853. The second-order valence-electron chi connectivity index (χ2n) is 14.7. The third-order valence-electron chi connectivity index (χ3n) is 9.97. The van der Waals surface area contributed by atoms with Crippen LogP contribution in [0, 0.1) is 11.3 Å². The highest BCUT2D eigenvalue weighted by Gasteiger charge is 2.48. The van der Waals surface area contributed by atoms with Crippen molar-refractivity contribution in [2.75, 3.05) is 42.5 Å². The van der Waals surface area contributed by atoms with Gasteiger partial charge in [-0.05, 0) is 63.5 Å². The van der Waals surface area contributed by atoms with E-state index < -0.39 is 22.8 Å². The maximum Gasteiger partial charge on any atom is 0.410 e. The van der Waals surface area contributed by atoms with Crippen LogP contribution in [-0.4, -0.2) is 70.4 Å². The molecule has 254 valence electrons. The number of carbonyl (C=O) groups is 1. The molecule has 4 aromatic rings. The minimum Gasteiger partial charge on any atom is -0.455 e. The van der Waals surface area contributed by atoms with Gasteiger partial charge < -0.3 is 25.0 Å². The van der Waals surface area contributed by atoms with Crippen LogP contribution in [0.2, 0.25) is 0 Å². The Labute approximate surface area is 288 Å². The molecule has 2 N–H and O–H groups in total. The van der Waals surface area contributed by atoms with Crippen LogP contribution in [0.25, 0.3) is 10.8 Å². The molecular weight excluding hydrogens is 614 g/mol. The number of nitrogens with two attached hydrogens (primary N) is 1. The Balaban J connectivity index is 1.28. The normalized spacial score (nSPS) is 20.0. The Morgan fingerprint density at radius 3 is 2.45 bits per heavy atom. The number of hydrogen-bond acceptors (Lipinski definition) is 9. The van der Waals surface area contributed by atoms with Crippen LogP contribution in [0.15, 0.2) is 72.8 Å². The van der Waals surface area contributed by atoms with Gasteiger partial charge in [0.1, 0.15) is 17.0 Å². The predicted molar refractivity (Wildman–Crippen MR) is 191 cm³/mol. The van der Waals surface area contributed by atoms with E-state index in [2.05, 4.69) is 58.3 Å². The summed E-state index contributed by atoms with van der Waals surface area (Å²) < 4.78 is 12.4. The summed E-state index contributed by atoms with van der Waals surface area (Å²) in [5, 5.41) is 12.7. The number of nitrogens with zero attached hydrogens (tertiary/aromatic N) is 6. The second kappa shape index (κ2) is 12.9. The largest absolute Gasteiger partial charge is 0.455 e. The third-order valence-corrected chi connectivity index (χ3v) is 9.97. The summed E-state index contributed by atoms with van der Waals surface area (Å²) in [6.45, 7) is 8.74. The fourth-order valence-corrected chi connectivity index (χ4v) is 7.31. The molecule has 3 aliphatic rings. The Bertz CT molecular complexity index is 1880. The standard InChI is InChI=1S/C39H45N7O3/c1-37(2,3)49-36(47)46-23-22-45(27-38(46,19-20-40)24-28-10-5-4-6-11-28)34-31-16-21-44(33-15-9-13-29-12-7-8-14-30(29)33)25-32(31)42-35(43-34)48-39(26-41)17-18-39/h4-15H,16-19,21-27,41H2,1-3H3/t38-/m1/s1. The average Bonchev–Trinajstić information content (AvgIpc) is 3.86. The van der Waals surface area contributed by atoms with Gasteiger partial charge in [-0.25, -0.2) is 4.79 Å². The summed E-state index contributed by atoms with van der Waals surface area (Å²) >= 11 is 0. The topological polar surface area (TPSA) is 121 Å². The van der Waals surface area contributed by atoms with Crippen molar-refractivity contribution in [2.45, 2.75) is 76.2 Å². The first-order chi connectivity index (χ1) is 23.6. The lowest BCUT2D eigenvalue weighted by Crippen LogP contribution is -2.66. The lowest BCUT2D eigenvalue weighted by molar-refractivity contribution is -0.00686. The van der Waals surface area contributed by atoms with Crippen LogP contribution in [0.4, 0.5) is 16.3 Å². The molecule has 10 nitrogen and oxygen atoms in total. The van der Waals surface area contributed by atoms with Crippen molar-refractivity contribution in [1.82, 2.24) is 14.9 Å². The molecule has 1 saturated heterocycles. The predicted octanol–water partition coefficient (Wildman–Crippen LogP) is 6.01. The molecule has 1 aromatic heterocycles. The molecule has 10 heteroatoms. The summed E-state index contributed by atoms with van der Waals surface area (Å²) in [4.78, 5) is 30.3. The van der Waals surface area contributed by atoms with Crippen molar-refractivity contribution < 1.29 is 14.3 Å². The maximum absolute atomic E-state index is 13.8. The average molecular weight is 660 g/mol. The highest BCUT2D eigenvalue weighted by Crippen LogP contribution is 2.41. The van der Waals surface area contributed by atoms with Gasteiger partial charge in [0.2, 0.25) is 0 Å². The fraction of sp³-hybridized carbons (Fsp3) is 0.436. The molecule has 2 fully saturated rings. The zero-order valence-electron chi connectivity index (χ0n) is 28.7. The molecule has 1 aliphatic carbocycles. The van der Waals surface area contributed by atoms with Crippen LogP contribution < -0.4 is 20.3 Å². The molecule has 0 radical (unpaired) electrons. The maximum atomic E-state index is 13.8. The van der Waals surface area contributed by atoms with E-state index in [0.29, 0.717) is 45.2 Å². The fourth-order valence-electron chi connectivity index (χ4n) is 7.31. The van der Waals surface area contributed by atoms with E-state index in [-0.39, 0.29) is 6.42 Å². The van der Waals surface area contributed by atoms with Crippen molar-refractivity contribution in [3.8, 4) is 12.1 Å². The molecule has 49 heavy (non-hydrogen) atoms. The molecule has 3 aromatic carbocycles. The Hall–Kier alpha value is -4.88. The zero-order chi connectivity index (χ0) is 34.2. The van der Waals surface area contributed by atoms with E-state index in [1.807, 2.05) is 51.1 Å². The van der Waals surface area contributed by atoms with Crippen LogP contribution in [0.3, 0.4) is 0 Å². The van der Waals surface area contributed by atoms with E-state index in [1.165, 1.54) is 16.5 Å². The summed E-state index contributed by atoms with van der Waals surface area (Å²) in [6.07, 6.45) is 2.72. The minimum absolute atomic E-state index is 0.138. The van der Waals surface area contributed by atoms with Crippen LogP contribution >= 0.6 is 0 Å². The number of rotatable bonds is 8. The van der Waals surface area contributed by atoms with Gasteiger partial charge in [-0.1, -0.05) is 66.7 Å². The van der Waals surface area contributed by atoms with E-state index in [0.717, 1.165) is 48.4 Å². The molecule has 0 unspecified atom stereocenters. The molecule has 3 heterocycles. The SMILES string of the molecule is CC(C)(C)OC(=O)N1CCN(c2nc(OC3(CN)CC3)nc3c2CCN(c2cccc4ccccc24)C3)C[C@@]1(CC#N)Cc1ccccc1. The van der Waals surface area contributed by atoms with Gasteiger partial charge in [0.15, 0.2) is 0 Å². The second-order valence-corrected chi connectivity index (χ2v) is 14.7. The first-order valence-corrected chi connectivity index (χ1v) is 17.3. The molecule has 7 rings (SSSR count). The quantitative estimate of drug-likeness (QED) is 0.242. The number of benzene rings is 3. The van der Waals surface area contributed by atoms with E-state index in [4.69, 9.17) is 25.2 Å². The van der Waals surface area contributed by atoms with Gasteiger partial charge in [0, 0.05) is 49.4 Å². The van der Waals surface area contributed by atoms with Crippen LogP contribution in [0.5, 0.6) is 6.01 Å². The van der Waals surface area contributed by atoms with Gasteiger partial charge in [-0.3, -0.25) is 4.90 Å². The third kappa shape index (κ3) is 6.73. The van der Waals surface area contributed by atoms with Crippen molar-refractivity contribution in [3.63, 3.8) is 0 Å². The van der Waals surface area contributed by atoms with Crippen LogP contribution in [0.1, 0.15) is 56.9 Å². The first kappa shape index (κ1) is 32.7. The molecule has 1 amide bonds. The van der Waals surface area contributed by atoms with Gasteiger partial charge in [0.25, 0.3) is 0 Å². The van der Waals surface area contributed by atoms with Gasteiger partial charge in [-0.2, -0.15) is 15.2 Å². The molecule has 1 atom stereocenters. The van der Waals surface area contributed by atoms with Gasteiger partial charge in [0.05, 0.1) is 30.3 Å². The van der Waals surface area contributed by atoms with Gasteiger partial charge in [-0.15, -0.1) is 0 Å². The Kier molecular flexibility index (Phi) is 8.57. The molecule has 0 spiro atoms.